The number of nitrogens with one attached hydrogen (secondary N) is 1. The van der Waals surface area contributed by atoms with Crippen molar-refractivity contribution in [1.82, 2.24) is 15.1 Å². The van der Waals surface area contributed by atoms with Gasteiger partial charge in [-0.15, -0.1) is 0 Å². The number of nitrogens with zero attached hydrogens (tertiary/aromatic N) is 2. The van der Waals surface area contributed by atoms with E-state index in [2.05, 4.69) is 38.1 Å². The first kappa shape index (κ1) is 16.6. The zero-order valence-electron chi connectivity index (χ0n) is 14.2. The van der Waals surface area contributed by atoms with E-state index in [0.29, 0.717) is 5.75 Å². The molecule has 1 heterocycles. The van der Waals surface area contributed by atoms with Crippen LogP contribution in [0.2, 0.25) is 0 Å². The van der Waals surface area contributed by atoms with Crippen molar-refractivity contribution >= 4 is 0 Å². The van der Waals surface area contributed by atoms with E-state index in [4.69, 9.17) is 0 Å². The molecule has 120 valence electrons. The molecule has 4 heteroatoms. The van der Waals surface area contributed by atoms with Gasteiger partial charge < -0.3 is 10.4 Å². The van der Waals surface area contributed by atoms with Crippen LogP contribution in [0.5, 0.6) is 5.75 Å². The van der Waals surface area contributed by atoms with Crippen LogP contribution in [0, 0.1) is 13.8 Å². The van der Waals surface area contributed by atoms with Crippen molar-refractivity contribution in [2.24, 2.45) is 7.05 Å². The molecule has 0 aliphatic heterocycles. The minimum absolute atomic E-state index is 0.130. The third-order valence-corrected chi connectivity index (χ3v) is 4.44. The molecule has 0 aliphatic rings. The third-order valence-electron chi connectivity index (χ3n) is 4.44. The van der Waals surface area contributed by atoms with Gasteiger partial charge in [0.05, 0.1) is 5.69 Å². The van der Waals surface area contributed by atoms with Crippen LogP contribution < -0.4 is 5.32 Å². The first-order valence-corrected chi connectivity index (χ1v) is 8.03. The Morgan fingerprint density at radius 2 is 1.77 bits per heavy atom. The summed E-state index contributed by atoms with van der Waals surface area (Å²) in [6.45, 7) is 8.50. The molecule has 0 saturated carbocycles. The molecular weight excluding hydrogens is 274 g/mol. The van der Waals surface area contributed by atoms with Crippen molar-refractivity contribution in [3.05, 3.63) is 46.8 Å². The molecule has 2 aromatic rings. The topological polar surface area (TPSA) is 50.1 Å². The van der Waals surface area contributed by atoms with Crippen LogP contribution in [0.15, 0.2) is 24.3 Å². The summed E-state index contributed by atoms with van der Waals surface area (Å²) < 4.78 is 1.94. The second-order valence-electron chi connectivity index (χ2n) is 5.86. The Bertz CT molecular complexity index is 633. The fraction of sp³-hybridized carbons (Fsp3) is 0.500. The fourth-order valence-corrected chi connectivity index (χ4v) is 3.15. The van der Waals surface area contributed by atoms with E-state index < -0.39 is 0 Å². The van der Waals surface area contributed by atoms with Gasteiger partial charge in [0.25, 0.3) is 0 Å². The molecule has 0 saturated heterocycles. The summed E-state index contributed by atoms with van der Waals surface area (Å²) in [6.07, 6.45) is 1.91. The first-order valence-electron chi connectivity index (χ1n) is 8.03. The summed E-state index contributed by atoms with van der Waals surface area (Å²) in [5, 5.41) is 18.4. The highest BCUT2D eigenvalue weighted by atomic mass is 16.3. The van der Waals surface area contributed by atoms with Crippen LogP contribution in [-0.2, 0) is 7.05 Å². The predicted molar refractivity (Wildman–Crippen MR) is 90.0 cm³/mol. The Hall–Kier alpha value is -1.81. The number of phenols is 1. The number of benzene rings is 1. The van der Waals surface area contributed by atoms with Crippen molar-refractivity contribution in [1.29, 1.82) is 0 Å². The van der Waals surface area contributed by atoms with Gasteiger partial charge in [0.1, 0.15) is 5.75 Å². The summed E-state index contributed by atoms with van der Waals surface area (Å²) in [6, 6.07) is 7.94. The van der Waals surface area contributed by atoms with Gasteiger partial charge in [-0.1, -0.05) is 32.0 Å². The minimum atomic E-state index is 0.130. The number of phenolic OH excluding ortho intramolecular Hbond substituents is 1. The Kier molecular flexibility index (Phi) is 5.24. The van der Waals surface area contributed by atoms with Crippen LogP contribution >= 0.6 is 0 Å². The van der Waals surface area contributed by atoms with Gasteiger partial charge in [-0.3, -0.25) is 4.68 Å². The SMILES string of the molecule is CC[C@H](N[C@@H](CC)c1c(C)nn(C)c1C)c1ccccc1O. The first-order chi connectivity index (χ1) is 10.5. The van der Waals surface area contributed by atoms with Gasteiger partial charge in [-0.05, 0) is 32.8 Å². The molecule has 0 bridgehead atoms. The van der Waals surface area contributed by atoms with Gasteiger partial charge >= 0.3 is 0 Å². The lowest BCUT2D eigenvalue weighted by atomic mass is 9.97. The summed E-state index contributed by atoms with van der Waals surface area (Å²) in [7, 11) is 1.99. The molecule has 1 aromatic carbocycles. The molecular formula is C18H27N3O. The summed E-state index contributed by atoms with van der Waals surface area (Å²) in [5.74, 6) is 0.358. The molecule has 2 atom stereocenters. The maximum Gasteiger partial charge on any atom is 0.120 e. The van der Waals surface area contributed by atoms with Gasteiger partial charge in [0.2, 0.25) is 0 Å². The van der Waals surface area contributed by atoms with Gasteiger partial charge in [-0.25, -0.2) is 0 Å². The molecule has 0 amide bonds. The second-order valence-corrected chi connectivity index (χ2v) is 5.86. The van der Waals surface area contributed by atoms with Gasteiger partial charge in [0.15, 0.2) is 0 Å². The van der Waals surface area contributed by atoms with Crippen molar-refractivity contribution < 1.29 is 5.11 Å². The Morgan fingerprint density at radius 1 is 1.14 bits per heavy atom. The average Bonchev–Trinajstić information content (AvgIpc) is 2.75. The van der Waals surface area contributed by atoms with Crippen molar-refractivity contribution in [2.75, 3.05) is 0 Å². The number of aromatic nitrogens is 2. The summed E-state index contributed by atoms with van der Waals surface area (Å²) >= 11 is 0. The monoisotopic (exact) mass is 301 g/mol. The van der Waals surface area contributed by atoms with E-state index in [-0.39, 0.29) is 12.1 Å². The molecule has 1 aromatic heterocycles. The normalized spacial score (nSPS) is 14.0. The van der Waals surface area contributed by atoms with E-state index in [0.717, 1.165) is 24.1 Å². The number of para-hydroxylation sites is 1. The average molecular weight is 301 g/mol. The lowest BCUT2D eigenvalue weighted by Gasteiger charge is -2.26. The van der Waals surface area contributed by atoms with E-state index in [1.165, 1.54) is 11.3 Å². The van der Waals surface area contributed by atoms with Gasteiger partial charge in [0, 0.05) is 36.0 Å². The Morgan fingerprint density at radius 3 is 2.27 bits per heavy atom. The largest absolute Gasteiger partial charge is 0.508 e. The number of hydrogen-bond acceptors (Lipinski definition) is 3. The zero-order valence-corrected chi connectivity index (χ0v) is 14.2. The summed E-state index contributed by atoms with van der Waals surface area (Å²) in [5.41, 5.74) is 4.51. The lowest BCUT2D eigenvalue weighted by Crippen LogP contribution is -2.26. The highest BCUT2D eigenvalue weighted by Gasteiger charge is 2.23. The number of aryl methyl sites for hydroxylation is 2. The fourth-order valence-electron chi connectivity index (χ4n) is 3.15. The van der Waals surface area contributed by atoms with E-state index in [9.17, 15) is 5.11 Å². The molecule has 0 radical (unpaired) electrons. The molecule has 22 heavy (non-hydrogen) atoms. The van der Waals surface area contributed by atoms with Gasteiger partial charge in [-0.2, -0.15) is 5.10 Å². The number of aromatic hydroxyl groups is 1. The van der Waals surface area contributed by atoms with Crippen molar-refractivity contribution in [3.8, 4) is 5.75 Å². The Balaban J connectivity index is 2.30. The molecule has 0 spiro atoms. The van der Waals surface area contributed by atoms with Crippen molar-refractivity contribution in [2.45, 2.75) is 52.6 Å². The third kappa shape index (κ3) is 3.17. The minimum Gasteiger partial charge on any atom is -0.508 e. The predicted octanol–water partition coefficient (Wildman–Crippen LogP) is 3.93. The molecule has 0 fully saturated rings. The molecule has 4 nitrogen and oxygen atoms in total. The van der Waals surface area contributed by atoms with Crippen LogP contribution in [0.4, 0.5) is 0 Å². The van der Waals surface area contributed by atoms with Crippen LogP contribution in [0.25, 0.3) is 0 Å². The smallest absolute Gasteiger partial charge is 0.120 e. The molecule has 2 N–H and O–H groups in total. The van der Waals surface area contributed by atoms with Crippen molar-refractivity contribution in [3.63, 3.8) is 0 Å². The lowest BCUT2D eigenvalue weighted by molar-refractivity contribution is 0.401. The second kappa shape index (κ2) is 6.97. The standard InChI is InChI=1S/C18H27N3O/c1-6-15(14-10-8-9-11-17(14)22)19-16(7-2)18-12(3)20-21(5)13(18)4/h8-11,15-16,19,22H,6-7H2,1-5H3/t15-,16-/m0/s1. The molecule has 0 unspecified atom stereocenters. The van der Waals surface area contributed by atoms with Crippen LogP contribution in [0.3, 0.4) is 0 Å². The van der Waals surface area contributed by atoms with Crippen LogP contribution in [0.1, 0.15) is 61.3 Å². The number of rotatable bonds is 6. The van der Waals surface area contributed by atoms with E-state index >= 15 is 0 Å². The highest BCUT2D eigenvalue weighted by Crippen LogP contribution is 2.31. The molecule has 2 rings (SSSR count). The van der Waals surface area contributed by atoms with E-state index in [1.807, 2.05) is 29.9 Å². The van der Waals surface area contributed by atoms with Crippen LogP contribution in [-0.4, -0.2) is 14.9 Å². The number of hydrogen-bond donors (Lipinski definition) is 2. The Labute approximate surface area is 133 Å². The highest BCUT2D eigenvalue weighted by molar-refractivity contribution is 5.35. The maximum absolute atomic E-state index is 10.1. The summed E-state index contributed by atoms with van der Waals surface area (Å²) in [4.78, 5) is 0. The zero-order chi connectivity index (χ0) is 16.3. The quantitative estimate of drug-likeness (QED) is 0.850. The van der Waals surface area contributed by atoms with E-state index in [1.54, 1.807) is 6.07 Å². The maximum atomic E-state index is 10.1. The molecule has 0 aliphatic carbocycles.